The Balaban J connectivity index is 1.21. The van der Waals surface area contributed by atoms with Gasteiger partial charge >= 0.3 is 0 Å². The van der Waals surface area contributed by atoms with Crippen molar-refractivity contribution >= 4 is 5.91 Å². The lowest BCUT2D eigenvalue weighted by Gasteiger charge is -2.30. The highest BCUT2D eigenvalue weighted by atomic mass is 16.2. The van der Waals surface area contributed by atoms with Crippen LogP contribution in [0, 0.1) is 5.92 Å². The van der Waals surface area contributed by atoms with Gasteiger partial charge in [0, 0.05) is 43.4 Å². The third-order valence-corrected chi connectivity index (χ3v) is 6.10. The molecular weight excluding hydrogens is 336 g/mol. The van der Waals surface area contributed by atoms with Crippen molar-refractivity contribution in [2.24, 2.45) is 5.92 Å². The van der Waals surface area contributed by atoms with E-state index in [0.717, 1.165) is 36.3 Å². The number of H-pyrrole nitrogens is 1. The van der Waals surface area contributed by atoms with E-state index >= 15 is 0 Å². The van der Waals surface area contributed by atoms with Crippen molar-refractivity contribution in [1.82, 2.24) is 20.4 Å². The molecule has 5 nitrogen and oxygen atoms in total. The van der Waals surface area contributed by atoms with Crippen LogP contribution in [0.2, 0.25) is 0 Å². The molecule has 2 saturated heterocycles. The van der Waals surface area contributed by atoms with Crippen LogP contribution in [0.5, 0.6) is 0 Å². The van der Waals surface area contributed by atoms with Crippen LogP contribution in [0.1, 0.15) is 44.2 Å². The Bertz CT molecular complexity index is 745. The van der Waals surface area contributed by atoms with Gasteiger partial charge in [-0.25, -0.2) is 0 Å². The summed E-state index contributed by atoms with van der Waals surface area (Å²) in [5.74, 6) is 0.871. The Morgan fingerprint density at radius 1 is 1.19 bits per heavy atom. The fourth-order valence-electron chi connectivity index (χ4n) is 4.62. The highest BCUT2D eigenvalue weighted by molar-refractivity contribution is 5.76. The number of rotatable bonds is 7. The Labute approximate surface area is 161 Å². The van der Waals surface area contributed by atoms with Crippen molar-refractivity contribution < 1.29 is 4.79 Å². The van der Waals surface area contributed by atoms with Crippen LogP contribution in [0.3, 0.4) is 0 Å². The lowest BCUT2D eigenvalue weighted by molar-refractivity contribution is -0.131. The van der Waals surface area contributed by atoms with Crippen LogP contribution in [0.15, 0.2) is 36.4 Å². The SMILES string of the molecule is CN(CCCc1cc(-c2ccccc2)n[nH]1)C(=O)CC1CC2CCC(C1)N2. The summed E-state index contributed by atoms with van der Waals surface area (Å²) in [4.78, 5) is 14.5. The first-order valence-electron chi connectivity index (χ1n) is 10.3. The van der Waals surface area contributed by atoms with Crippen LogP contribution in [-0.2, 0) is 11.2 Å². The molecule has 2 bridgehead atoms. The number of hydrogen-bond donors (Lipinski definition) is 2. The summed E-state index contributed by atoms with van der Waals surface area (Å²) in [5.41, 5.74) is 3.24. The van der Waals surface area contributed by atoms with E-state index in [1.807, 2.05) is 30.1 Å². The largest absolute Gasteiger partial charge is 0.346 e. The molecule has 0 radical (unpaired) electrons. The molecule has 5 heteroatoms. The van der Waals surface area contributed by atoms with E-state index in [-0.39, 0.29) is 0 Å². The maximum atomic E-state index is 12.6. The van der Waals surface area contributed by atoms with Gasteiger partial charge in [0.25, 0.3) is 0 Å². The monoisotopic (exact) mass is 366 g/mol. The van der Waals surface area contributed by atoms with E-state index in [2.05, 4.69) is 33.7 Å². The predicted molar refractivity (Wildman–Crippen MR) is 107 cm³/mol. The van der Waals surface area contributed by atoms with Crippen LogP contribution in [0.4, 0.5) is 0 Å². The normalized spacial score (nSPS) is 24.1. The van der Waals surface area contributed by atoms with E-state index in [1.54, 1.807) is 0 Å². The van der Waals surface area contributed by atoms with Crippen LogP contribution in [0.25, 0.3) is 11.3 Å². The van der Waals surface area contributed by atoms with Gasteiger partial charge in [0.2, 0.25) is 5.91 Å². The maximum Gasteiger partial charge on any atom is 0.222 e. The molecule has 2 N–H and O–H groups in total. The van der Waals surface area contributed by atoms with Crippen molar-refractivity contribution in [3.63, 3.8) is 0 Å². The van der Waals surface area contributed by atoms with E-state index in [0.29, 0.717) is 30.3 Å². The van der Waals surface area contributed by atoms with Crippen molar-refractivity contribution in [2.45, 2.75) is 57.0 Å². The van der Waals surface area contributed by atoms with Gasteiger partial charge < -0.3 is 10.2 Å². The number of hydrogen-bond acceptors (Lipinski definition) is 3. The minimum absolute atomic E-state index is 0.302. The number of carbonyl (C=O) groups is 1. The van der Waals surface area contributed by atoms with Gasteiger partial charge in [0.1, 0.15) is 0 Å². The summed E-state index contributed by atoms with van der Waals surface area (Å²) in [6.07, 6.45) is 7.51. The molecule has 2 unspecified atom stereocenters. The van der Waals surface area contributed by atoms with Crippen LogP contribution < -0.4 is 5.32 Å². The lowest BCUT2D eigenvalue weighted by Crippen LogP contribution is -2.40. The van der Waals surface area contributed by atoms with Crippen LogP contribution >= 0.6 is 0 Å². The Morgan fingerprint density at radius 3 is 2.67 bits per heavy atom. The van der Waals surface area contributed by atoms with E-state index < -0.39 is 0 Å². The molecule has 144 valence electrons. The number of fused-ring (bicyclic) bond motifs is 2. The van der Waals surface area contributed by atoms with E-state index in [9.17, 15) is 4.79 Å². The molecule has 2 aromatic rings. The molecule has 4 rings (SSSR count). The number of aromatic amines is 1. The standard InChI is InChI=1S/C22H30N4O/c1-26(22(27)14-16-12-18-9-10-19(13-16)23-18)11-5-8-20-15-21(25-24-20)17-6-3-2-4-7-17/h2-4,6-7,15-16,18-19,23H,5,8-14H2,1H3,(H,24,25). The second-order valence-electron chi connectivity index (χ2n) is 8.24. The molecule has 2 aliphatic rings. The molecule has 2 aliphatic heterocycles. The van der Waals surface area contributed by atoms with Gasteiger partial charge in [-0.05, 0) is 50.5 Å². The number of nitrogens with one attached hydrogen (secondary N) is 2. The zero-order valence-electron chi connectivity index (χ0n) is 16.2. The van der Waals surface area contributed by atoms with E-state index in [4.69, 9.17) is 0 Å². The molecule has 0 aliphatic carbocycles. The number of amides is 1. The van der Waals surface area contributed by atoms with Gasteiger partial charge in [-0.1, -0.05) is 30.3 Å². The van der Waals surface area contributed by atoms with Crippen molar-refractivity contribution in [3.8, 4) is 11.3 Å². The molecule has 2 fully saturated rings. The minimum Gasteiger partial charge on any atom is -0.346 e. The maximum absolute atomic E-state index is 12.6. The molecule has 27 heavy (non-hydrogen) atoms. The number of aromatic nitrogens is 2. The third-order valence-electron chi connectivity index (χ3n) is 6.10. The van der Waals surface area contributed by atoms with Gasteiger partial charge in [0.15, 0.2) is 0 Å². The first kappa shape index (κ1) is 18.2. The Hall–Kier alpha value is -2.14. The minimum atomic E-state index is 0.302. The predicted octanol–water partition coefficient (Wildman–Crippen LogP) is 3.39. The fourth-order valence-corrected chi connectivity index (χ4v) is 4.62. The average Bonchev–Trinajstić information content (AvgIpc) is 3.28. The average molecular weight is 367 g/mol. The number of benzene rings is 1. The van der Waals surface area contributed by atoms with Gasteiger partial charge in [0.05, 0.1) is 5.69 Å². The summed E-state index contributed by atoms with van der Waals surface area (Å²) in [5, 5.41) is 11.2. The second kappa shape index (κ2) is 8.26. The smallest absolute Gasteiger partial charge is 0.222 e. The number of piperidine rings is 1. The summed E-state index contributed by atoms with van der Waals surface area (Å²) in [6.45, 7) is 0.802. The molecule has 1 aromatic heterocycles. The molecular formula is C22H30N4O. The highest BCUT2D eigenvalue weighted by Crippen LogP contribution is 2.32. The molecule has 0 spiro atoms. The summed E-state index contributed by atoms with van der Waals surface area (Å²) >= 11 is 0. The van der Waals surface area contributed by atoms with Gasteiger partial charge in [-0.2, -0.15) is 5.10 Å². The van der Waals surface area contributed by atoms with Gasteiger partial charge in [-0.15, -0.1) is 0 Å². The number of aryl methyl sites for hydroxylation is 1. The van der Waals surface area contributed by atoms with Crippen molar-refractivity contribution in [1.29, 1.82) is 0 Å². The molecule has 3 heterocycles. The topological polar surface area (TPSA) is 61.0 Å². The molecule has 0 saturated carbocycles. The summed E-state index contributed by atoms with van der Waals surface area (Å²) in [6, 6.07) is 13.6. The molecule has 1 amide bonds. The number of nitrogens with zero attached hydrogens (tertiary/aromatic N) is 2. The first-order chi connectivity index (χ1) is 13.2. The summed E-state index contributed by atoms with van der Waals surface area (Å²) < 4.78 is 0. The quantitative estimate of drug-likeness (QED) is 0.790. The Kier molecular flexibility index (Phi) is 5.58. The Morgan fingerprint density at radius 2 is 1.93 bits per heavy atom. The van der Waals surface area contributed by atoms with Gasteiger partial charge in [-0.3, -0.25) is 9.89 Å². The second-order valence-corrected chi connectivity index (χ2v) is 8.24. The fraction of sp³-hybridized carbons (Fsp3) is 0.545. The first-order valence-corrected chi connectivity index (χ1v) is 10.3. The molecule has 1 aromatic carbocycles. The third kappa shape index (κ3) is 4.59. The van der Waals surface area contributed by atoms with Crippen molar-refractivity contribution in [3.05, 3.63) is 42.1 Å². The lowest BCUT2D eigenvalue weighted by atomic mass is 9.89. The van der Waals surface area contributed by atoms with Crippen molar-refractivity contribution in [2.75, 3.05) is 13.6 Å². The zero-order chi connectivity index (χ0) is 18.6. The molecule has 2 atom stereocenters. The zero-order valence-corrected chi connectivity index (χ0v) is 16.2. The number of carbonyl (C=O) groups excluding carboxylic acids is 1. The highest BCUT2D eigenvalue weighted by Gasteiger charge is 2.34. The summed E-state index contributed by atoms with van der Waals surface area (Å²) in [7, 11) is 1.94. The van der Waals surface area contributed by atoms with E-state index in [1.165, 1.54) is 25.7 Å². The van der Waals surface area contributed by atoms with Crippen LogP contribution in [-0.4, -0.2) is 46.7 Å².